The predicted octanol–water partition coefficient (Wildman–Crippen LogP) is 3.24. The average molecular weight is 435 g/mol. The van der Waals surface area contributed by atoms with Crippen LogP contribution in [-0.2, 0) is 19.4 Å². The second-order valence-corrected chi connectivity index (χ2v) is 10.2. The Morgan fingerprint density at radius 1 is 1.24 bits per heavy atom. The van der Waals surface area contributed by atoms with Crippen molar-refractivity contribution in [1.82, 2.24) is 0 Å². The number of carbonyl (C=O) groups excluding carboxylic acids is 2. The number of methoxy groups -OCH3 is 1. The van der Waals surface area contributed by atoms with Crippen molar-refractivity contribution in [3.05, 3.63) is 42.0 Å². The number of ether oxygens (including phenoxy) is 1. The van der Waals surface area contributed by atoms with Crippen LogP contribution in [-0.4, -0.2) is 38.3 Å². The van der Waals surface area contributed by atoms with Crippen LogP contribution in [0.15, 0.2) is 46.2 Å². The van der Waals surface area contributed by atoms with E-state index in [1.807, 2.05) is 13.0 Å². The zero-order valence-corrected chi connectivity index (χ0v) is 17.9. The average Bonchev–Trinajstić information content (AvgIpc) is 2.67. The van der Waals surface area contributed by atoms with Crippen LogP contribution in [0.1, 0.15) is 18.9 Å². The van der Waals surface area contributed by atoms with Gasteiger partial charge in [-0.1, -0.05) is 6.07 Å². The lowest BCUT2D eigenvalue weighted by Crippen LogP contribution is -2.26. The van der Waals surface area contributed by atoms with Gasteiger partial charge in [0.05, 0.1) is 34.4 Å². The van der Waals surface area contributed by atoms with Crippen molar-refractivity contribution in [3.63, 3.8) is 0 Å². The molecule has 29 heavy (non-hydrogen) atoms. The molecule has 2 aromatic rings. The Hall–Kier alpha value is -2.52. The summed E-state index contributed by atoms with van der Waals surface area (Å²) >= 11 is 1.38. The van der Waals surface area contributed by atoms with Crippen LogP contribution in [0.3, 0.4) is 0 Å². The largest absolute Gasteiger partial charge is 0.495 e. The molecule has 9 heteroatoms. The maximum absolute atomic E-state index is 12.7. The lowest BCUT2D eigenvalue weighted by Gasteiger charge is -2.21. The topological polar surface area (TPSA) is 102 Å². The number of hydrogen-bond donors (Lipinski definition) is 2. The minimum atomic E-state index is -3.69. The van der Waals surface area contributed by atoms with Crippen LogP contribution >= 0.6 is 11.8 Å². The van der Waals surface area contributed by atoms with Gasteiger partial charge in [-0.05, 0) is 49.7 Å². The number of thioether (sulfide) groups is 1. The number of hydrogen-bond acceptors (Lipinski definition) is 6. The van der Waals surface area contributed by atoms with Gasteiger partial charge >= 0.3 is 0 Å². The van der Waals surface area contributed by atoms with Gasteiger partial charge < -0.3 is 15.4 Å². The van der Waals surface area contributed by atoms with Gasteiger partial charge in [0.2, 0.25) is 11.8 Å². The van der Waals surface area contributed by atoms with Gasteiger partial charge in [0.15, 0.2) is 9.84 Å². The van der Waals surface area contributed by atoms with Crippen LogP contribution in [0.2, 0.25) is 0 Å². The highest BCUT2D eigenvalue weighted by Crippen LogP contribution is 2.37. The van der Waals surface area contributed by atoms with Crippen molar-refractivity contribution in [2.75, 3.05) is 23.5 Å². The molecular weight excluding hydrogens is 412 g/mol. The fourth-order valence-electron chi connectivity index (χ4n) is 2.86. The first-order valence-electron chi connectivity index (χ1n) is 8.98. The van der Waals surface area contributed by atoms with Crippen LogP contribution < -0.4 is 15.4 Å². The monoisotopic (exact) mass is 434 g/mol. The molecule has 0 saturated heterocycles. The van der Waals surface area contributed by atoms with E-state index in [-0.39, 0.29) is 28.2 Å². The molecule has 2 amide bonds. The standard InChI is InChI=1S/C20H22N2O5S2/c1-12-4-6-17(27-3)15(10-12)21-19(23)8-9-29(25,26)14-5-7-18-16(11-14)22-20(24)13(2)28-18/h4-7,10-11,13H,8-9H2,1-3H3,(H,21,23)(H,22,24)/t13-/m1/s1. The lowest BCUT2D eigenvalue weighted by molar-refractivity contribution is -0.116. The summed E-state index contributed by atoms with van der Waals surface area (Å²) in [6.07, 6.45) is -0.200. The molecule has 1 aliphatic rings. The van der Waals surface area contributed by atoms with Crippen LogP contribution in [0, 0.1) is 6.92 Å². The quantitative estimate of drug-likeness (QED) is 0.724. The summed E-state index contributed by atoms with van der Waals surface area (Å²) in [4.78, 5) is 25.0. The number of benzene rings is 2. The molecule has 1 atom stereocenters. The highest BCUT2D eigenvalue weighted by Gasteiger charge is 2.25. The summed E-state index contributed by atoms with van der Waals surface area (Å²) in [5.41, 5.74) is 1.92. The molecule has 0 unspecified atom stereocenters. The lowest BCUT2D eigenvalue weighted by atomic mass is 10.2. The Balaban J connectivity index is 1.69. The molecule has 0 fully saturated rings. The molecule has 2 aromatic carbocycles. The molecule has 7 nitrogen and oxygen atoms in total. The van der Waals surface area contributed by atoms with Crippen molar-refractivity contribution >= 4 is 44.8 Å². The van der Waals surface area contributed by atoms with E-state index in [0.29, 0.717) is 17.1 Å². The van der Waals surface area contributed by atoms with Crippen molar-refractivity contribution < 1.29 is 22.7 Å². The second kappa shape index (κ2) is 8.46. The Morgan fingerprint density at radius 3 is 2.72 bits per heavy atom. The number of fused-ring (bicyclic) bond motifs is 1. The van der Waals surface area contributed by atoms with Crippen LogP contribution in [0.25, 0.3) is 0 Å². The molecule has 0 aromatic heterocycles. The Bertz CT molecular complexity index is 1070. The van der Waals surface area contributed by atoms with E-state index >= 15 is 0 Å². The van der Waals surface area contributed by atoms with E-state index in [1.54, 1.807) is 25.1 Å². The van der Waals surface area contributed by atoms with E-state index in [4.69, 9.17) is 4.74 Å². The molecule has 0 aliphatic carbocycles. The Morgan fingerprint density at radius 2 is 2.00 bits per heavy atom. The van der Waals surface area contributed by atoms with Gasteiger partial charge in [0, 0.05) is 11.3 Å². The molecule has 0 bridgehead atoms. The van der Waals surface area contributed by atoms with Gasteiger partial charge in [-0.3, -0.25) is 9.59 Å². The number of sulfone groups is 1. The molecule has 0 saturated carbocycles. The number of carbonyl (C=O) groups is 2. The third-order valence-corrected chi connectivity index (χ3v) is 7.36. The molecule has 0 radical (unpaired) electrons. The minimum absolute atomic E-state index is 0.0765. The molecule has 1 heterocycles. The summed E-state index contributed by atoms with van der Waals surface area (Å²) < 4.78 is 30.6. The Kier molecular flexibility index (Phi) is 6.18. The van der Waals surface area contributed by atoms with E-state index in [9.17, 15) is 18.0 Å². The molecule has 154 valence electrons. The van der Waals surface area contributed by atoms with Crippen molar-refractivity contribution in [2.45, 2.75) is 35.3 Å². The third kappa shape index (κ3) is 4.91. The molecule has 1 aliphatic heterocycles. The first-order valence-corrected chi connectivity index (χ1v) is 11.5. The van der Waals surface area contributed by atoms with Crippen molar-refractivity contribution in [2.24, 2.45) is 0 Å². The first kappa shape index (κ1) is 21.2. The van der Waals surface area contributed by atoms with Gasteiger partial charge in [0.25, 0.3) is 0 Å². The second-order valence-electron chi connectivity index (χ2n) is 6.73. The summed E-state index contributed by atoms with van der Waals surface area (Å²) in [5, 5.41) is 5.19. The predicted molar refractivity (Wildman–Crippen MR) is 113 cm³/mol. The molecule has 3 rings (SSSR count). The van der Waals surface area contributed by atoms with E-state index in [2.05, 4.69) is 10.6 Å². The highest BCUT2D eigenvalue weighted by molar-refractivity contribution is 8.01. The SMILES string of the molecule is COc1ccc(C)cc1NC(=O)CCS(=O)(=O)c1ccc2c(c1)NC(=O)[C@@H](C)S2. The Labute approximate surface area is 174 Å². The third-order valence-electron chi connectivity index (χ3n) is 4.47. The van der Waals surface area contributed by atoms with E-state index in [0.717, 1.165) is 10.5 Å². The van der Waals surface area contributed by atoms with Crippen LogP contribution in [0.5, 0.6) is 5.75 Å². The fourth-order valence-corrected chi connectivity index (χ4v) is 5.05. The summed E-state index contributed by atoms with van der Waals surface area (Å²) in [7, 11) is -2.19. The first-order chi connectivity index (χ1) is 13.7. The summed E-state index contributed by atoms with van der Waals surface area (Å²) in [5.74, 6) is -0.427. The highest BCUT2D eigenvalue weighted by atomic mass is 32.2. The maximum atomic E-state index is 12.7. The minimum Gasteiger partial charge on any atom is -0.495 e. The number of nitrogens with one attached hydrogen (secondary N) is 2. The van der Waals surface area contributed by atoms with Gasteiger partial charge in [-0.15, -0.1) is 11.8 Å². The number of rotatable bonds is 6. The fraction of sp³-hybridized carbons (Fsp3) is 0.300. The van der Waals surface area contributed by atoms with Crippen molar-refractivity contribution in [1.29, 1.82) is 0 Å². The van der Waals surface area contributed by atoms with Crippen LogP contribution in [0.4, 0.5) is 11.4 Å². The molecule has 0 spiro atoms. The molecular formula is C20H22N2O5S2. The number of aryl methyl sites for hydroxylation is 1. The maximum Gasteiger partial charge on any atom is 0.237 e. The summed E-state index contributed by atoms with van der Waals surface area (Å²) in [6.45, 7) is 3.67. The van der Waals surface area contributed by atoms with Gasteiger partial charge in [0.1, 0.15) is 5.75 Å². The molecule has 2 N–H and O–H groups in total. The number of anilines is 2. The van der Waals surface area contributed by atoms with E-state index in [1.165, 1.54) is 31.0 Å². The van der Waals surface area contributed by atoms with Crippen molar-refractivity contribution in [3.8, 4) is 5.75 Å². The van der Waals surface area contributed by atoms with Gasteiger partial charge in [-0.2, -0.15) is 0 Å². The zero-order chi connectivity index (χ0) is 21.2. The summed E-state index contributed by atoms with van der Waals surface area (Å²) in [6, 6.07) is 9.99. The normalized spacial score (nSPS) is 16.0. The van der Waals surface area contributed by atoms with E-state index < -0.39 is 15.7 Å². The van der Waals surface area contributed by atoms with Gasteiger partial charge in [-0.25, -0.2) is 8.42 Å². The zero-order valence-electron chi connectivity index (χ0n) is 16.3. The number of amides is 2. The smallest absolute Gasteiger partial charge is 0.237 e.